The SMILES string of the molecule is CC(C)C(C(=O)OCC(=O)Nc1cc(Cl)c(Cl)cc1Cl)N1C(=O)c2ccccc2C1=O. The molecule has 7 nitrogen and oxygen atoms in total. The summed E-state index contributed by atoms with van der Waals surface area (Å²) < 4.78 is 5.10. The van der Waals surface area contributed by atoms with Crippen LogP contribution in [0.4, 0.5) is 5.69 Å². The normalized spacial score (nSPS) is 13.9. The van der Waals surface area contributed by atoms with E-state index < -0.39 is 42.3 Å². The molecule has 1 heterocycles. The number of anilines is 1. The molecule has 3 amide bonds. The maximum atomic E-state index is 12.7. The summed E-state index contributed by atoms with van der Waals surface area (Å²) in [5, 5.41) is 3.02. The van der Waals surface area contributed by atoms with Crippen LogP contribution in [0.25, 0.3) is 0 Å². The zero-order valence-electron chi connectivity index (χ0n) is 16.4. The van der Waals surface area contributed by atoms with Gasteiger partial charge in [-0.1, -0.05) is 60.8 Å². The van der Waals surface area contributed by atoms with Crippen molar-refractivity contribution in [2.45, 2.75) is 19.9 Å². The van der Waals surface area contributed by atoms with Gasteiger partial charge in [0.2, 0.25) is 0 Å². The van der Waals surface area contributed by atoms with Crippen molar-refractivity contribution in [3.63, 3.8) is 0 Å². The first kappa shape index (κ1) is 23.1. The van der Waals surface area contributed by atoms with Crippen LogP contribution >= 0.6 is 34.8 Å². The van der Waals surface area contributed by atoms with Crippen LogP contribution in [0.3, 0.4) is 0 Å². The fourth-order valence-electron chi connectivity index (χ4n) is 3.16. The summed E-state index contributed by atoms with van der Waals surface area (Å²) in [7, 11) is 0. The summed E-state index contributed by atoms with van der Waals surface area (Å²) in [4.78, 5) is 51.2. The number of ether oxygens (including phenoxy) is 1. The minimum atomic E-state index is -1.19. The molecular formula is C21H17Cl3N2O5. The summed E-state index contributed by atoms with van der Waals surface area (Å²) in [5.74, 6) is -3.16. The maximum absolute atomic E-state index is 12.7. The first-order valence-corrected chi connectivity index (χ1v) is 10.3. The topological polar surface area (TPSA) is 92.8 Å². The molecule has 0 saturated carbocycles. The molecule has 0 spiro atoms. The molecular weight excluding hydrogens is 467 g/mol. The fourth-order valence-corrected chi connectivity index (χ4v) is 3.76. The molecule has 2 aromatic carbocycles. The third-order valence-electron chi connectivity index (χ3n) is 4.61. The number of halogens is 3. The third-order valence-corrected chi connectivity index (χ3v) is 5.64. The highest BCUT2D eigenvalue weighted by molar-refractivity contribution is 6.44. The van der Waals surface area contributed by atoms with Gasteiger partial charge in [-0.25, -0.2) is 4.79 Å². The molecule has 162 valence electrons. The predicted molar refractivity (Wildman–Crippen MR) is 117 cm³/mol. The van der Waals surface area contributed by atoms with Gasteiger partial charge in [0.15, 0.2) is 6.61 Å². The van der Waals surface area contributed by atoms with Gasteiger partial charge in [0.05, 0.1) is 31.9 Å². The van der Waals surface area contributed by atoms with E-state index >= 15 is 0 Å². The molecule has 1 atom stereocenters. The smallest absolute Gasteiger partial charge is 0.330 e. The number of nitrogens with one attached hydrogen (secondary N) is 1. The monoisotopic (exact) mass is 482 g/mol. The van der Waals surface area contributed by atoms with Gasteiger partial charge in [0.25, 0.3) is 17.7 Å². The Hall–Kier alpha value is -2.61. The van der Waals surface area contributed by atoms with Gasteiger partial charge in [0, 0.05) is 0 Å². The van der Waals surface area contributed by atoms with Gasteiger partial charge in [-0.3, -0.25) is 19.3 Å². The van der Waals surface area contributed by atoms with Crippen molar-refractivity contribution in [2.75, 3.05) is 11.9 Å². The number of nitrogens with zero attached hydrogens (tertiary/aromatic N) is 1. The van der Waals surface area contributed by atoms with Gasteiger partial charge in [-0.2, -0.15) is 0 Å². The lowest BCUT2D eigenvalue weighted by Crippen LogP contribution is -2.49. The number of carbonyl (C=O) groups excluding carboxylic acids is 4. The molecule has 0 aliphatic carbocycles. The van der Waals surface area contributed by atoms with E-state index in [-0.39, 0.29) is 31.9 Å². The quantitative estimate of drug-likeness (QED) is 0.372. The Kier molecular flexibility index (Phi) is 6.89. The largest absolute Gasteiger partial charge is 0.454 e. The Morgan fingerprint density at radius 2 is 1.52 bits per heavy atom. The number of fused-ring (bicyclic) bond motifs is 1. The minimum absolute atomic E-state index is 0.153. The molecule has 1 aliphatic rings. The summed E-state index contributed by atoms with van der Waals surface area (Å²) in [6.07, 6.45) is 0. The molecule has 0 fully saturated rings. The molecule has 3 rings (SSSR count). The van der Waals surface area contributed by atoms with Crippen molar-refractivity contribution in [3.05, 3.63) is 62.6 Å². The van der Waals surface area contributed by atoms with E-state index in [0.29, 0.717) is 0 Å². The number of hydrogen-bond acceptors (Lipinski definition) is 5. The van der Waals surface area contributed by atoms with Crippen LogP contribution in [0.2, 0.25) is 15.1 Å². The molecule has 0 bridgehead atoms. The number of esters is 1. The predicted octanol–water partition coefficient (Wildman–Crippen LogP) is 4.45. The average molecular weight is 484 g/mol. The van der Waals surface area contributed by atoms with Crippen LogP contribution in [0.15, 0.2) is 36.4 Å². The van der Waals surface area contributed by atoms with Crippen LogP contribution < -0.4 is 5.32 Å². The molecule has 1 unspecified atom stereocenters. The number of benzene rings is 2. The molecule has 1 aliphatic heterocycles. The summed E-state index contributed by atoms with van der Waals surface area (Å²) in [5.41, 5.74) is 0.633. The maximum Gasteiger partial charge on any atom is 0.330 e. The van der Waals surface area contributed by atoms with E-state index in [2.05, 4.69) is 5.32 Å². The Morgan fingerprint density at radius 1 is 0.968 bits per heavy atom. The second kappa shape index (κ2) is 9.26. The Labute approximate surface area is 193 Å². The van der Waals surface area contributed by atoms with E-state index in [9.17, 15) is 19.2 Å². The van der Waals surface area contributed by atoms with Crippen LogP contribution in [0, 0.1) is 5.92 Å². The van der Waals surface area contributed by atoms with Crippen LogP contribution in [0.1, 0.15) is 34.6 Å². The average Bonchev–Trinajstić information content (AvgIpc) is 2.96. The lowest BCUT2D eigenvalue weighted by Gasteiger charge is -2.27. The summed E-state index contributed by atoms with van der Waals surface area (Å²) in [6, 6.07) is 7.85. The number of carbonyl (C=O) groups is 4. The summed E-state index contributed by atoms with van der Waals surface area (Å²) in [6.45, 7) is 2.69. The number of hydrogen-bond donors (Lipinski definition) is 1. The molecule has 31 heavy (non-hydrogen) atoms. The lowest BCUT2D eigenvalue weighted by molar-refractivity contribution is -0.152. The standard InChI is InChI=1S/C21H17Cl3N2O5/c1-10(2)18(26-19(28)11-5-3-4-6-12(11)20(26)29)21(30)31-9-17(27)25-16-8-14(23)13(22)7-15(16)24/h3-8,10,18H,9H2,1-2H3,(H,25,27). The second-order valence-corrected chi connectivity index (χ2v) is 8.34. The number of imide groups is 1. The highest BCUT2D eigenvalue weighted by Gasteiger charge is 2.44. The van der Waals surface area contributed by atoms with Gasteiger partial charge in [0.1, 0.15) is 6.04 Å². The van der Waals surface area contributed by atoms with E-state index in [4.69, 9.17) is 39.5 Å². The fraction of sp³-hybridized carbons (Fsp3) is 0.238. The highest BCUT2D eigenvalue weighted by atomic mass is 35.5. The molecule has 2 aromatic rings. The van der Waals surface area contributed by atoms with Crippen molar-refractivity contribution in [2.24, 2.45) is 5.92 Å². The van der Waals surface area contributed by atoms with Crippen molar-refractivity contribution in [1.29, 1.82) is 0 Å². The minimum Gasteiger partial charge on any atom is -0.454 e. The third kappa shape index (κ3) is 4.69. The second-order valence-electron chi connectivity index (χ2n) is 7.12. The van der Waals surface area contributed by atoms with E-state index in [1.54, 1.807) is 26.0 Å². The molecule has 1 N–H and O–H groups in total. The van der Waals surface area contributed by atoms with Crippen molar-refractivity contribution >= 4 is 64.2 Å². The Morgan fingerprint density at radius 3 is 2.06 bits per heavy atom. The van der Waals surface area contributed by atoms with E-state index in [1.165, 1.54) is 24.3 Å². The number of rotatable bonds is 6. The van der Waals surface area contributed by atoms with Crippen molar-refractivity contribution in [1.82, 2.24) is 4.90 Å². The molecule has 0 saturated heterocycles. The van der Waals surface area contributed by atoms with Crippen LogP contribution in [0.5, 0.6) is 0 Å². The molecule has 0 aromatic heterocycles. The van der Waals surface area contributed by atoms with Gasteiger partial charge >= 0.3 is 5.97 Å². The lowest BCUT2D eigenvalue weighted by atomic mass is 10.0. The van der Waals surface area contributed by atoms with Crippen LogP contribution in [-0.2, 0) is 14.3 Å². The Bertz CT molecular complexity index is 1050. The van der Waals surface area contributed by atoms with Gasteiger partial charge in [-0.05, 0) is 30.2 Å². The first-order chi connectivity index (χ1) is 14.6. The zero-order chi connectivity index (χ0) is 22.9. The first-order valence-electron chi connectivity index (χ1n) is 9.19. The molecule has 10 heteroatoms. The Balaban J connectivity index is 1.70. The van der Waals surface area contributed by atoms with E-state index in [1.807, 2.05) is 0 Å². The zero-order valence-corrected chi connectivity index (χ0v) is 18.7. The summed E-state index contributed by atoms with van der Waals surface area (Å²) >= 11 is 17.8. The van der Waals surface area contributed by atoms with E-state index in [0.717, 1.165) is 4.90 Å². The van der Waals surface area contributed by atoms with Crippen molar-refractivity contribution < 1.29 is 23.9 Å². The van der Waals surface area contributed by atoms with Gasteiger partial charge in [-0.15, -0.1) is 0 Å². The highest BCUT2D eigenvalue weighted by Crippen LogP contribution is 2.32. The van der Waals surface area contributed by atoms with Crippen molar-refractivity contribution in [3.8, 4) is 0 Å². The molecule has 0 radical (unpaired) electrons. The van der Waals surface area contributed by atoms with Gasteiger partial charge < -0.3 is 10.1 Å². The van der Waals surface area contributed by atoms with Crippen LogP contribution in [-0.4, -0.2) is 41.2 Å². The number of amides is 3.